The van der Waals surface area contributed by atoms with Crippen molar-refractivity contribution < 1.29 is 107 Å². The minimum Gasteiger partial charge on any atom is -0.390 e. The molecule has 1 amide bonds. The van der Waals surface area contributed by atoms with Crippen molar-refractivity contribution in [2.24, 2.45) is 0 Å². The number of rotatable bonds is 28. The molecule has 1 rings (SSSR count). The molecule has 1 fully saturated rings. The smallest absolute Gasteiger partial charge is 0.390 e. The van der Waals surface area contributed by atoms with E-state index < -0.39 is 78.5 Å². The molecular formula is C21H45NO23P6. The molecule has 0 aliphatic carbocycles. The van der Waals surface area contributed by atoms with Crippen molar-refractivity contribution in [1.82, 2.24) is 5.32 Å². The second-order valence-corrected chi connectivity index (χ2v) is 20.4. The van der Waals surface area contributed by atoms with Crippen molar-refractivity contribution in [3.05, 3.63) is 0 Å². The number of nitrogens with one attached hydrogen (secondary N) is 1. The van der Waals surface area contributed by atoms with Gasteiger partial charge in [-0.05, 0) is 39.5 Å². The molecule has 0 spiro atoms. The zero-order chi connectivity index (χ0) is 39.2. The van der Waals surface area contributed by atoms with Crippen LogP contribution in [0.5, 0.6) is 0 Å². The van der Waals surface area contributed by atoms with Crippen LogP contribution in [0.2, 0.25) is 0 Å². The molecule has 30 heteroatoms. The molecule has 1 heterocycles. The van der Waals surface area contributed by atoms with E-state index in [0.717, 1.165) is 19.3 Å². The summed E-state index contributed by atoms with van der Waals surface area (Å²) in [6.07, 6.45) is 2.94. The quantitative estimate of drug-likeness (QED) is 0.0409. The number of carbonyl (C=O) groups excluding carboxylic acids is 2. The summed E-state index contributed by atoms with van der Waals surface area (Å²) in [6, 6.07) is 0. The molecule has 7 unspecified atom stereocenters. The predicted octanol–water partition coefficient (Wildman–Crippen LogP) is 3.85. The molecule has 0 aromatic heterocycles. The molecule has 0 aromatic carbocycles. The zero-order valence-electron chi connectivity index (χ0n) is 27.5. The summed E-state index contributed by atoms with van der Waals surface area (Å²) in [5, 5.41) is 12.5. The average molecular weight is 865 g/mol. The highest BCUT2D eigenvalue weighted by molar-refractivity contribution is 7.72. The van der Waals surface area contributed by atoms with Crippen LogP contribution in [-0.4, -0.2) is 84.2 Å². The van der Waals surface area contributed by atoms with Crippen molar-refractivity contribution in [3.8, 4) is 0 Å². The molecule has 1 aliphatic heterocycles. The molecule has 1 aliphatic rings. The summed E-state index contributed by atoms with van der Waals surface area (Å²) >= 11 is 0. The summed E-state index contributed by atoms with van der Waals surface area (Å²) in [4.78, 5) is 80.2. The van der Waals surface area contributed by atoms with E-state index in [1.54, 1.807) is 6.92 Å². The van der Waals surface area contributed by atoms with Gasteiger partial charge >= 0.3 is 46.9 Å². The fourth-order valence-electron chi connectivity index (χ4n) is 4.10. The Bertz CT molecular complexity index is 1430. The Balaban J connectivity index is 2.42. The van der Waals surface area contributed by atoms with E-state index in [9.17, 15) is 71.4 Å². The fourth-order valence-corrected chi connectivity index (χ4v) is 11.9. The van der Waals surface area contributed by atoms with E-state index in [0.29, 0.717) is 45.1 Å². The summed E-state index contributed by atoms with van der Waals surface area (Å²) in [6.45, 7) is 2.04. The number of ketones is 1. The Labute approximate surface area is 293 Å². The Morgan fingerprint density at radius 2 is 1.08 bits per heavy atom. The first-order chi connectivity index (χ1) is 23.2. The molecule has 9 atom stereocenters. The maximum Gasteiger partial charge on any atom is 0.490 e. The van der Waals surface area contributed by atoms with Gasteiger partial charge in [-0.15, -0.1) is 0 Å². The number of ether oxygens (including phenoxy) is 1. The van der Waals surface area contributed by atoms with Crippen LogP contribution in [0.3, 0.4) is 0 Å². The Morgan fingerprint density at radius 3 is 1.55 bits per heavy atom. The van der Waals surface area contributed by atoms with Gasteiger partial charge in [0.2, 0.25) is 5.91 Å². The van der Waals surface area contributed by atoms with Crippen LogP contribution in [0.15, 0.2) is 0 Å². The van der Waals surface area contributed by atoms with Gasteiger partial charge in [-0.1, -0.05) is 25.7 Å². The second-order valence-electron chi connectivity index (χ2n) is 11.0. The van der Waals surface area contributed by atoms with E-state index in [1.807, 2.05) is 0 Å². The summed E-state index contributed by atoms with van der Waals surface area (Å²) in [7, 11) is -36.2. The summed E-state index contributed by atoms with van der Waals surface area (Å²) in [5.41, 5.74) is 0. The maximum atomic E-state index is 12.0. The normalized spacial score (nSPS) is 25.0. The van der Waals surface area contributed by atoms with E-state index in [4.69, 9.17) is 4.74 Å². The molecule has 0 saturated carbocycles. The molecule has 51 heavy (non-hydrogen) atoms. The number of carbonyl (C=O) groups is 2. The van der Waals surface area contributed by atoms with Gasteiger partial charge in [0.15, 0.2) is 0 Å². The number of phosphoric ester groups is 2. The highest BCUT2D eigenvalue weighted by atomic mass is 31.3. The largest absolute Gasteiger partial charge is 0.490 e. The van der Waals surface area contributed by atoms with Crippen LogP contribution >= 0.6 is 46.9 Å². The van der Waals surface area contributed by atoms with Gasteiger partial charge in [0, 0.05) is 25.8 Å². The van der Waals surface area contributed by atoms with Crippen molar-refractivity contribution in [2.75, 3.05) is 19.8 Å². The molecule has 0 aromatic rings. The molecule has 302 valence electrons. The standard InChI is InChI=1S/C21H45NO23P6/c1-17(23)11-7-3-4-8-12-21(25)22-13-9-5-6-10-14-38-46(26,27)41-48(30,31)43-50(34,35)45-51(36,37)44-49(32,33)42-47(28,29)39-16-20-19(24)15-18(2)40-20/h18-20,24H,3-16H2,1-2H3,(H,22,25)(H,26,27)(H,28,29)(H,30,31)(H,32,33)(H,34,35)(H,36,37)/t18-,19?,20+/m0/s1. The number of hydrogen-bond donors (Lipinski definition) is 8. The summed E-state index contributed by atoms with van der Waals surface area (Å²) < 4.78 is 104. The van der Waals surface area contributed by atoms with Gasteiger partial charge in [0.1, 0.15) is 11.9 Å². The lowest BCUT2D eigenvalue weighted by atomic mass is 10.1. The Kier molecular flexibility index (Phi) is 21.0. The van der Waals surface area contributed by atoms with Crippen molar-refractivity contribution in [2.45, 2.75) is 103 Å². The Morgan fingerprint density at radius 1 is 0.647 bits per heavy atom. The number of Topliss-reactive ketones (excluding diaryl/α,β-unsaturated/α-hetero) is 1. The average Bonchev–Trinajstić information content (AvgIpc) is 3.23. The van der Waals surface area contributed by atoms with Crippen LogP contribution in [0.25, 0.3) is 0 Å². The molecule has 0 bridgehead atoms. The lowest BCUT2D eigenvalue weighted by molar-refractivity contribution is -0.121. The number of unbranched alkanes of at least 4 members (excludes halogenated alkanes) is 6. The Hall–Kier alpha value is -0.0800. The number of aliphatic hydroxyl groups is 1. The summed E-state index contributed by atoms with van der Waals surface area (Å²) in [5.74, 6) is -0.00348. The molecular weight excluding hydrogens is 820 g/mol. The lowest BCUT2D eigenvalue weighted by Crippen LogP contribution is -2.26. The van der Waals surface area contributed by atoms with E-state index in [-0.39, 0.29) is 24.5 Å². The first-order valence-electron chi connectivity index (χ1n) is 15.1. The monoisotopic (exact) mass is 865 g/mol. The van der Waals surface area contributed by atoms with Crippen LogP contribution < -0.4 is 5.32 Å². The minimum absolute atomic E-state index is 0.107. The minimum atomic E-state index is -6.38. The highest BCUT2D eigenvalue weighted by Crippen LogP contribution is 2.75. The first kappa shape index (κ1) is 48.9. The third-order valence-electron chi connectivity index (χ3n) is 6.17. The predicted molar refractivity (Wildman–Crippen MR) is 171 cm³/mol. The van der Waals surface area contributed by atoms with Gasteiger partial charge in [-0.2, -0.15) is 21.6 Å². The number of aliphatic hydroxyl groups excluding tert-OH is 1. The van der Waals surface area contributed by atoms with Gasteiger partial charge in [0.25, 0.3) is 0 Å². The van der Waals surface area contributed by atoms with Crippen LogP contribution in [0.4, 0.5) is 0 Å². The first-order valence-corrected chi connectivity index (χ1v) is 24.1. The SMILES string of the molecule is CC(=O)CCCCCCC(=O)NCCCCCCOP(=O)(O)OP(=O)(O)OP(=O)(O)OP(=O)(O)OP(=O)(O)OP(=O)(O)OC[C@H]1O[C@@H](C)CC1O. The highest BCUT2D eigenvalue weighted by Gasteiger charge is 2.49. The number of amides is 1. The second kappa shape index (κ2) is 21.9. The van der Waals surface area contributed by atoms with E-state index >= 15 is 0 Å². The van der Waals surface area contributed by atoms with Crippen molar-refractivity contribution >= 4 is 58.6 Å². The van der Waals surface area contributed by atoms with Gasteiger partial charge in [-0.3, -0.25) is 13.8 Å². The van der Waals surface area contributed by atoms with Gasteiger partial charge in [-0.25, -0.2) is 27.4 Å². The third kappa shape index (κ3) is 24.1. The van der Waals surface area contributed by atoms with Crippen LogP contribution in [0, 0.1) is 0 Å². The molecule has 8 N–H and O–H groups in total. The van der Waals surface area contributed by atoms with E-state index in [1.165, 1.54) is 6.92 Å². The van der Waals surface area contributed by atoms with Gasteiger partial charge < -0.3 is 49.3 Å². The third-order valence-corrected chi connectivity index (χ3v) is 15.4. The van der Waals surface area contributed by atoms with Crippen molar-refractivity contribution in [1.29, 1.82) is 0 Å². The van der Waals surface area contributed by atoms with E-state index in [2.05, 4.69) is 35.9 Å². The lowest BCUT2D eigenvalue weighted by Gasteiger charge is -2.21. The molecule has 1 saturated heterocycles. The fraction of sp³-hybridized carbons (Fsp3) is 0.905. The van der Waals surface area contributed by atoms with Crippen LogP contribution in [0.1, 0.15) is 84.5 Å². The topological polar surface area (TPSA) is 364 Å². The van der Waals surface area contributed by atoms with Gasteiger partial charge in [0.05, 0.1) is 25.4 Å². The number of phosphoric acid groups is 6. The molecule has 24 nitrogen and oxygen atoms in total. The zero-order valence-corrected chi connectivity index (χ0v) is 32.8. The maximum absolute atomic E-state index is 12.0. The number of hydrogen-bond acceptors (Lipinski definition) is 17. The van der Waals surface area contributed by atoms with Crippen LogP contribution in [-0.2, 0) is 72.3 Å². The van der Waals surface area contributed by atoms with Crippen molar-refractivity contribution in [3.63, 3.8) is 0 Å². The molecule has 0 radical (unpaired) electrons.